The molecule has 0 aliphatic heterocycles. The fourth-order valence-electron chi connectivity index (χ4n) is 4.79. The third-order valence-electron chi connectivity index (χ3n) is 6.30. The number of nitrogens with zero attached hydrogens (tertiary/aromatic N) is 1. The van der Waals surface area contributed by atoms with Crippen LogP contribution in [0.15, 0.2) is 4.99 Å². The van der Waals surface area contributed by atoms with Crippen molar-refractivity contribution in [2.24, 2.45) is 16.8 Å². The number of carbonyl (C=O) groups excluding carboxylic acids is 4. The number of amides is 3. The summed E-state index contributed by atoms with van der Waals surface area (Å²) in [5.41, 5.74) is -2.38. The summed E-state index contributed by atoms with van der Waals surface area (Å²) >= 11 is 0. The lowest BCUT2D eigenvalue weighted by Gasteiger charge is -2.41. The van der Waals surface area contributed by atoms with Gasteiger partial charge in [0.05, 0.1) is 30.7 Å². The molecule has 0 aromatic rings. The Hall–Kier alpha value is -2.89. The number of aliphatic imine (C=N–C) groups is 1. The van der Waals surface area contributed by atoms with E-state index in [9.17, 15) is 19.2 Å². The first-order chi connectivity index (χ1) is 17.8. The van der Waals surface area contributed by atoms with Crippen molar-refractivity contribution in [1.29, 1.82) is 0 Å². The second-order valence-electron chi connectivity index (χ2n) is 12.1. The van der Waals surface area contributed by atoms with Gasteiger partial charge in [0.2, 0.25) is 11.9 Å². The maximum atomic E-state index is 12.6. The van der Waals surface area contributed by atoms with Crippen LogP contribution in [0.25, 0.3) is 0 Å². The average Bonchev–Trinajstić information content (AvgIpc) is 3.17. The van der Waals surface area contributed by atoms with Crippen molar-refractivity contribution in [1.82, 2.24) is 16.0 Å². The maximum Gasteiger partial charge on any atom is 0.414 e. The molecule has 39 heavy (non-hydrogen) atoms. The summed E-state index contributed by atoms with van der Waals surface area (Å²) in [5, 5.41) is 8.00. The van der Waals surface area contributed by atoms with Crippen molar-refractivity contribution in [3.8, 4) is 0 Å². The number of methoxy groups -OCH3 is 2. The maximum absolute atomic E-state index is 12.6. The van der Waals surface area contributed by atoms with Crippen molar-refractivity contribution < 1.29 is 38.1 Å². The van der Waals surface area contributed by atoms with Crippen LogP contribution in [0.2, 0.25) is 0 Å². The number of esters is 1. The van der Waals surface area contributed by atoms with Gasteiger partial charge in [-0.1, -0.05) is 13.3 Å². The van der Waals surface area contributed by atoms with Gasteiger partial charge in [0.25, 0.3) is 0 Å². The Morgan fingerprint density at radius 2 is 1.41 bits per heavy atom. The highest BCUT2D eigenvalue weighted by molar-refractivity contribution is 6.01. The van der Waals surface area contributed by atoms with E-state index >= 15 is 0 Å². The molecule has 3 amide bonds. The Morgan fingerprint density at radius 1 is 0.897 bits per heavy atom. The number of rotatable bonds is 8. The Bertz CT molecular complexity index is 876. The van der Waals surface area contributed by atoms with Gasteiger partial charge < -0.3 is 24.3 Å². The van der Waals surface area contributed by atoms with E-state index in [1.165, 1.54) is 14.0 Å². The topological polar surface area (TPSA) is 154 Å². The molecule has 0 heterocycles. The van der Waals surface area contributed by atoms with E-state index in [1.54, 1.807) is 48.7 Å². The lowest BCUT2D eigenvalue weighted by Crippen LogP contribution is -2.57. The van der Waals surface area contributed by atoms with Crippen LogP contribution in [0.4, 0.5) is 9.59 Å². The summed E-state index contributed by atoms with van der Waals surface area (Å²) < 4.78 is 21.6. The molecular formula is C27H48N4O8. The zero-order valence-electron chi connectivity index (χ0n) is 25.4. The van der Waals surface area contributed by atoms with Crippen LogP contribution in [-0.4, -0.2) is 73.1 Å². The van der Waals surface area contributed by atoms with E-state index in [0.29, 0.717) is 12.8 Å². The quantitative estimate of drug-likeness (QED) is 0.177. The second kappa shape index (κ2) is 14.0. The van der Waals surface area contributed by atoms with Gasteiger partial charge >= 0.3 is 18.2 Å². The summed E-state index contributed by atoms with van der Waals surface area (Å²) in [6.45, 7) is 15.6. The minimum atomic E-state index is -0.831. The van der Waals surface area contributed by atoms with Gasteiger partial charge in [0.15, 0.2) is 0 Å². The zero-order valence-corrected chi connectivity index (χ0v) is 25.4. The number of ether oxygens (including phenoxy) is 4. The molecule has 0 spiro atoms. The molecule has 0 aromatic heterocycles. The third kappa shape index (κ3) is 11.4. The summed E-state index contributed by atoms with van der Waals surface area (Å²) in [4.78, 5) is 54.8. The second-order valence-corrected chi connectivity index (χ2v) is 12.1. The third-order valence-corrected chi connectivity index (χ3v) is 6.30. The van der Waals surface area contributed by atoms with Crippen LogP contribution < -0.4 is 16.0 Å². The predicted molar refractivity (Wildman–Crippen MR) is 146 cm³/mol. The first-order valence-corrected chi connectivity index (χ1v) is 13.3. The Balaban J connectivity index is 3.57. The van der Waals surface area contributed by atoms with Gasteiger partial charge in [-0.3, -0.25) is 20.2 Å². The lowest BCUT2D eigenvalue weighted by atomic mass is 9.79. The van der Waals surface area contributed by atoms with E-state index in [1.807, 2.05) is 13.8 Å². The molecule has 0 bridgehead atoms. The van der Waals surface area contributed by atoms with Crippen molar-refractivity contribution in [2.45, 2.75) is 117 Å². The normalized spacial score (nSPS) is 21.6. The number of hydrogen-bond donors (Lipinski definition) is 3. The first-order valence-electron chi connectivity index (χ1n) is 13.3. The highest BCUT2D eigenvalue weighted by Crippen LogP contribution is 2.41. The van der Waals surface area contributed by atoms with E-state index in [0.717, 1.165) is 6.42 Å². The molecule has 0 aromatic carbocycles. The Labute approximate surface area is 232 Å². The lowest BCUT2D eigenvalue weighted by molar-refractivity contribution is -0.145. The van der Waals surface area contributed by atoms with Crippen molar-refractivity contribution >= 4 is 30.0 Å². The van der Waals surface area contributed by atoms with Gasteiger partial charge in [0.1, 0.15) is 11.2 Å². The van der Waals surface area contributed by atoms with Crippen molar-refractivity contribution in [3.63, 3.8) is 0 Å². The molecule has 3 N–H and O–H groups in total. The molecule has 1 saturated carbocycles. The minimum absolute atomic E-state index is 0.199. The highest BCUT2D eigenvalue weighted by atomic mass is 16.6. The Morgan fingerprint density at radius 3 is 1.79 bits per heavy atom. The van der Waals surface area contributed by atoms with Gasteiger partial charge in [-0.05, 0) is 67.7 Å². The minimum Gasteiger partial charge on any atom is -0.469 e. The van der Waals surface area contributed by atoms with Gasteiger partial charge in [-0.2, -0.15) is 0 Å². The first kappa shape index (κ1) is 34.1. The standard InChI is InChI=1S/C27H48N4O8/c1-12-13-27(9,37-11)20(28-16(2)32)18-14-17(21(33)36-10)15-19(18)29-22(30-23(34)38-25(3,4)5)31-24(35)39-26(6,7)8/h17-20H,12-15H2,1-11H3,(H,28,32)(H2,29,30,31,34,35)/t17-,18-,19-,20-,27+/m1/s1. The molecular weight excluding hydrogens is 508 g/mol. The fourth-order valence-corrected chi connectivity index (χ4v) is 4.79. The highest BCUT2D eigenvalue weighted by Gasteiger charge is 2.49. The van der Waals surface area contributed by atoms with E-state index in [4.69, 9.17) is 18.9 Å². The van der Waals surface area contributed by atoms with Crippen LogP contribution in [-0.2, 0) is 28.5 Å². The van der Waals surface area contributed by atoms with Crippen LogP contribution >= 0.6 is 0 Å². The van der Waals surface area contributed by atoms with Crippen LogP contribution in [0.3, 0.4) is 0 Å². The summed E-state index contributed by atoms with van der Waals surface area (Å²) in [7, 11) is 2.89. The molecule has 0 radical (unpaired) electrons. The van der Waals surface area contributed by atoms with Gasteiger partial charge in [-0.15, -0.1) is 0 Å². The Kier molecular flexibility index (Phi) is 12.2. The van der Waals surface area contributed by atoms with Crippen molar-refractivity contribution in [3.05, 3.63) is 0 Å². The molecule has 12 nitrogen and oxygen atoms in total. The van der Waals surface area contributed by atoms with Crippen molar-refractivity contribution in [2.75, 3.05) is 14.2 Å². The van der Waals surface area contributed by atoms with Crippen LogP contribution in [0.5, 0.6) is 0 Å². The summed E-state index contributed by atoms with van der Waals surface area (Å²) in [6, 6.07) is -1.15. The fraction of sp³-hybridized carbons (Fsp3) is 0.815. The van der Waals surface area contributed by atoms with Crippen LogP contribution in [0, 0.1) is 11.8 Å². The molecule has 0 saturated heterocycles. The number of guanidine groups is 1. The molecule has 12 heteroatoms. The number of nitrogens with one attached hydrogen (secondary N) is 3. The van der Waals surface area contributed by atoms with E-state index < -0.39 is 58.9 Å². The molecule has 5 atom stereocenters. The van der Waals surface area contributed by atoms with Gasteiger partial charge in [-0.25, -0.2) is 14.6 Å². The SMILES string of the molecule is CCC[C@](C)(OC)[C@H](NC(C)=O)[C@@H]1C[C@@H](C(=O)OC)C[C@H]1N=C(NC(=O)OC(C)(C)C)NC(=O)OC(C)(C)C. The van der Waals surface area contributed by atoms with Gasteiger partial charge in [0, 0.05) is 20.0 Å². The average molecular weight is 557 g/mol. The van der Waals surface area contributed by atoms with E-state index in [2.05, 4.69) is 20.9 Å². The molecule has 1 aliphatic carbocycles. The molecule has 1 aliphatic rings. The smallest absolute Gasteiger partial charge is 0.414 e. The van der Waals surface area contributed by atoms with Crippen LogP contribution in [0.1, 0.15) is 88.0 Å². The van der Waals surface area contributed by atoms with E-state index in [-0.39, 0.29) is 18.3 Å². The zero-order chi connectivity index (χ0) is 30.2. The largest absolute Gasteiger partial charge is 0.469 e. The predicted octanol–water partition coefficient (Wildman–Crippen LogP) is 3.67. The summed E-state index contributed by atoms with van der Waals surface area (Å²) in [5.74, 6) is -1.78. The molecule has 0 unspecified atom stereocenters. The number of carbonyl (C=O) groups is 4. The monoisotopic (exact) mass is 556 g/mol. The molecule has 224 valence electrons. The number of hydrogen-bond acceptors (Lipinski definition) is 9. The summed E-state index contributed by atoms with van der Waals surface area (Å²) in [6.07, 6.45) is 0.358. The number of alkyl carbamates (subject to hydrolysis) is 2. The molecule has 1 fully saturated rings. The molecule has 1 rings (SSSR count).